The molecular weight excluding hydrogens is 208 g/mol. The van der Waals surface area contributed by atoms with Gasteiger partial charge < -0.3 is 10.4 Å². The lowest BCUT2D eigenvalue weighted by atomic mass is 10.2. The Kier molecular flexibility index (Phi) is 2.81. The zero-order chi connectivity index (χ0) is 11.4. The van der Waals surface area contributed by atoms with E-state index in [0.29, 0.717) is 11.4 Å². The van der Waals surface area contributed by atoms with Gasteiger partial charge in [0, 0.05) is 5.56 Å². The molecule has 0 aliphatic heterocycles. The summed E-state index contributed by atoms with van der Waals surface area (Å²) in [5, 5.41) is 18.1. The number of H-pyrrole nitrogens is 1. The highest BCUT2D eigenvalue weighted by molar-refractivity contribution is 5.94. The topological polar surface area (TPSA) is 90.9 Å². The van der Waals surface area contributed by atoms with Crippen LogP contribution in [0.25, 0.3) is 0 Å². The van der Waals surface area contributed by atoms with Gasteiger partial charge in [-0.1, -0.05) is 6.07 Å². The van der Waals surface area contributed by atoms with Crippen molar-refractivity contribution in [1.82, 2.24) is 20.5 Å². The minimum atomic E-state index is -0.271. The molecule has 0 atom stereocenters. The number of phenols is 1. The van der Waals surface area contributed by atoms with Gasteiger partial charge in [-0.25, -0.2) is 4.98 Å². The SMILES string of the molecule is O=C(NCc1ncn[nH]1)c1cccc(O)c1. The number of aromatic nitrogens is 3. The molecule has 6 nitrogen and oxygen atoms in total. The van der Waals surface area contributed by atoms with Crippen LogP contribution in [0.15, 0.2) is 30.6 Å². The molecule has 16 heavy (non-hydrogen) atoms. The fourth-order valence-corrected chi connectivity index (χ4v) is 1.23. The molecule has 1 amide bonds. The van der Waals surface area contributed by atoms with E-state index < -0.39 is 0 Å². The lowest BCUT2D eigenvalue weighted by molar-refractivity contribution is 0.0949. The molecule has 0 saturated heterocycles. The highest BCUT2D eigenvalue weighted by Crippen LogP contribution is 2.10. The highest BCUT2D eigenvalue weighted by atomic mass is 16.3. The number of hydrogen-bond acceptors (Lipinski definition) is 4. The van der Waals surface area contributed by atoms with Crippen LogP contribution in [0.2, 0.25) is 0 Å². The van der Waals surface area contributed by atoms with Crippen LogP contribution < -0.4 is 5.32 Å². The van der Waals surface area contributed by atoms with Crippen molar-refractivity contribution in [2.24, 2.45) is 0 Å². The molecule has 0 aliphatic rings. The molecule has 1 aromatic carbocycles. The number of phenolic OH excluding ortho intramolecular Hbond substituents is 1. The molecule has 0 radical (unpaired) electrons. The number of carbonyl (C=O) groups is 1. The van der Waals surface area contributed by atoms with Crippen LogP contribution in [0, 0.1) is 0 Å². The van der Waals surface area contributed by atoms with Gasteiger partial charge in [0.1, 0.15) is 17.9 Å². The summed E-state index contributed by atoms with van der Waals surface area (Å²) in [4.78, 5) is 15.5. The van der Waals surface area contributed by atoms with Crippen LogP contribution in [-0.2, 0) is 6.54 Å². The van der Waals surface area contributed by atoms with E-state index in [0.717, 1.165) is 0 Å². The normalized spacial score (nSPS) is 10.0. The van der Waals surface area contributed by atoms with E-state index in [2.05, 4.69) is 20.5 Å². The number of carbonyl (C=O) groups excluding carboxylic acids is 1. The van der Waals surface area contributed by atoms with Gasteiger partial charge in [-0.3, -0.25) is 9.89 Å². The van der Waals surface area contributed by atoms with Gasteiger partial charge in [-0.2, -0.15) is 5.10 Å². The molecular formula is C10H10N4O2. The summed E-state index contributed by atoms with van der Waals surface area (Å²) >= 11 is 0. The van der Waals surface area contributed by atoms with Crippen molar-refractivity contribution in [3.63, 3.8) is 0 Å². The van der Waals surface area contributed by atoms with Crippen LogP contribution >= 0.6 is 0 Å². The lowest BCUT2D eigenvalue weighted by Crippen LogP contribution is -2.23. The Bertz CT molecular complexity index is 481. The molecule has 0 bridgehead atoms. The Hall–Kier alpha value is -2.37. The van der Waals surface area contributed by atoms with Crippen molar-refractivity contribution in [2.75, 3.05) is 0 Å². The second-order valence-electron chi connectivity index (χ2n) is 3.17. The number of nitrogens with one attached hydrogen (secondary N) is 2. The summed E-state index contributed by atoms with van der Waals surface area (Å²) in [7, 11) is 0. The summed E-state index contributed by atoms with van der Waals surface area (Å²) in [6, 6.07) is 6.14. The zero-order valence-electron chi connectivity index (χ0n) is 8.34. The Labute approximate surface area is 91.3 Å². The number of amides is 1. The summed E-state index contributed by atoms with van der Waals surface area (Å²) in [6.45, 7) is 0.272. The van der Waals surface area contributed by atoms with Crippen molar-refractivity contribution in [2.45, 2.75) is 6.54 Å². The minimum absolute atomic E-state index is 0.0623. The van der Waals surface area contributed by atoms with Crippen LogP contribution in [0.3, 0.4) is 0 Å². The number of aromatic hydroxyl groups is 1. The van der Waals surface area contributed by atoms with Crippen molar-refractivity contribution in [1.29, 1.82) is 0 Å². The van der Waals surface area contributed by atoms with Gasteiger partial charge in [0.15, 0.2) is 0 Å². The standard InChI is InChI=1S/C10H10N4O2/c15-8-3-1-2-7(4-8)10(16)11-5-9-12-6-13-14-9/h1-4,6,15H,5H2,(H,11,16)(H,12,13,14). The van der Waals surface area contributed by atoms with Crippen molar-refractivity contribution < 1.29 is 9.90 Å². The monoisotopic (exact) mass is 218 g/mol. The number of hydrogen-bond donors (Lipinski definition) is 3. The first-order valence-corrected chi connectivity index (χ1v) is 4.67. The van der Waals surface area contributed by atoms with Crippen molar-refractivity contribution in [3.05, 3.63) is 42.0 Å². The van der Waals surface area contributed by atoms with Crippen LogP contribution in [0.1, 0.15) is 16.2 Å². The fourth-order valence-electron chi connectivity index (χ4n) is 1.23. The summed E-state index contributed by atoms with van der Waals surface area (Å²) in [6.07, 6.45) is 1.37. The van der Waals surface area contributed by atoms with E-state index in [-0.39, 0.29) is 18.2 Å². The van der Waals surface area contributed by atoms with E-state index >= 15 is 0 Å². The number of aromatic amines is 1. The van der Waals surface area contributed by atoms with E-state index in [9.17, 15) is 9.90 Å². The Morgan fingerprint density at radius 1 is 1.50 bits per heavy atom. The average molecular weight is 218 g/mol. The molecule has 0 spiro atoms. The van der Waals surface area contributed by atoms with Gasteiger partial charge in [0.25, 0.3) is 5.91 Å². The maximum atomic E-state index is 11.6. The van der Waals surface area contributed by atoms with E-state index in [1.807, 2.05) is 0 Å². The molecule has 3 N–H and O–H groups in total. The Morgan fingerprint density at radius 2 is 2.38 bits per heavy atom. The van der Waals surface area contributed by atoms with Gasteiger partial charge in [0.2, 0.25) is 0 Å². The molecule has 1 heterocycles. The van der Waals surface area contributed by atoms with Crippen LogP contribution in [-0.4, -0.2) is 26.2 Å². The molecule has 0 fully saturated rings. The molecule has 6 heteroatoms. The molecule has 0 aliphatic carbocycles. The van der Waals surface area contributed by atoms with Gasteiger partial charge in [-0.05, 0) is 18.2 Å². The van der Waals surface area contributed by atoms with Gasteiger partial charge >= 0.3 is 0 Å². The van der Waals surface area contributed by atoms with Crippen molar-refractivity contribution in [3.8, 4) is 5.75 Å². The fraction of sp³-hybridized carbons (Fsp3) is 0.100. The molecule has 0 unspecified atom stereocenters. The van der Waals surface area contributed by atoms with Crippen LogP contribution in [0.5, 0.6) is 5.75 Å². The maximum absolute atomic E-state index is 11.6. The minimum Gasteiger partial charge on any atom is -0.508 e. The Morgan fingerprint density at radius 3 is 3.06 bits per heavy atom. The maximum Gasteiger partial charge on any atom is 0.251 e. The smallest absolute Gasteiger partial charge is 0.251 e. The quantitative estimate of drug-likeness (QED) is 0.697. The summed E-state index contributed by atoms with van der Waals surface area (Å²) in [5.74, 6) is 0.369. The number of benzene rings is 1. The van der Waals surface area contributed by atoms with Gasteiger partial charge in [0.05, 0.1) is 6.54 Å². The first-order valence-electron chi connectivity index (χ1n) is 4.67. The number of nitrogens with zero attached hydrogens (tertiary/aromatic N) is 2. The second-order valence-corrected chi connectivity index (χ2v) is 3.17. The van der Waals surface area contributed by atoms with E-state index in [1.165, 1.54) is 18.5 Å². The number of rotatable bonds is 3. The average Bonchev–Trinajstić information content (AvgIpc) is 2.78. The predicted octanol–water partition coefficient (Wildman–Crippen LogP) is 0.440. The van der Waals surface area contributed by atoms with Gasteiger partial charge in [-0.15, -0.1) is 0 Å². The first-order chi connectivity index (χ1) is 7.75. The second kappa shape index (κ2) is 4.43. The molecule has 1 aromatic heterocycles. The third-order valence-corrected chi connectivity index (χ3v) is 1.99. The molecule has 82 valence electrons. The van der Waals surface area contributed by atoms with E-state index in [1.54, 1.807) is 12.1 Å². The van der Waals surface area contributed by atoms with Crippen LogP contribution in [0.4, 0.5) is 0 Å². The molecule has 0 saturated carbocycles. The Balaban J connectivity index is 1.98. The lowest BCUT2D eigenvalue weighted by Gasteiger charge is -2.03. The highest BCUT2D eigenvalue weighted by Gasteiger charge is 2.06. The predicted molar refractivity (Wildman–Crippen MR) is 55.7 cm³/mol. The largest absolute Gasteiger partial charge is 0.508 e. The first kappa shape index (κ1) is 10.2. The zero-order valence-corrected chi connectivity index (χ0v) is 8.34. The summed E-state index contributed by atoms with van der Waals surface area (Å²) in [5.41, 5.74) is 0.402. The third kappa shape index (κ3) is 2.35. The molecule has 2 rings (SSSR count). The summed E-state index contributed by atoms with van der Waals surface area (Å²) < 4.78 is 0. The van der Waals surface area contributed by atoms with E-state index in [4.69, 9.17) is 0 Å². The third-order valence-electron chi connectivity index (χ3n) is 1.99. The van der Waals surface area contributed by atoms with Crippen molar-refractivity contribution >= 4 is 5.91 Å². The molecule has 2 aromatic rings.